The molecule has 3 rings (SSSR count). The number of carbonyl (C=O) groups is 1. The largest absolute Gasteiger partial charge is 0.352 e. The van der Waals surface area contributed by atoms with Crippen LogP contribution in [0.1, 0.15) is 36.0 Å². The van der Waals surface area contributed by atoms with Gasteiger partial charge in [0.25, 0.3) is 5.91 Å². The van der Waals surface area contributed by atoms with Crippen LogP contribution in [0, 0.1) is 11.9 Å². The van der Waals surface area contributed by atoms with Crippen molar-refractivity contribution in [3.05, 3.63) is 29.8 Å². The molecule has 0 radical (unpaired) electrons. The van der Waals surface area contributed by atoms with Crippen LogP contribution in [0.5, 0.6) is 0 Å². The zero-order chi connectivity index (χ0) is 14.1. The van der Waals surface area contributed by atoms with E-state index in [2.05, 4.69) is 22.2 Å². The SMILES string of the molecule is CN1C2CCC1CC(CNC(=O)c1ccc(F)nc1)C2. The molecule has 0 spiro atoms. The number of rotatable bonds is 3. The maximum absolute atomic E-state index is 12.7. The summed E-state index contributed by atoms with van der Waals surface area (Å²) in [6, 6.07) is 4.05. The summed E-state index contributed by atoms with van der Waals surface area (Å²) >= 11 is 0. The van der Waals surface area contributed by atoms with E-state index in [9.17, 15) is 9.18 Å². The fraction of sp³-hybridized carbons (Fsp3) is 0.600. The topological polar surface area (TPSA) is 45.2 Å². The van der Waals surface area contributed by atoms with Crippen LogP contribution in [-0.4, -0.2) is 41.5 Å². The van der Waals surface area contributed by atoms with Crippen molar-refractivity contribution in [1.29, 1.82) is 0 Å². The average Bonchev–Trinajstić information content (AvgIpc) is 2.66. The van der Waals surface area contributed by atoms with Gasteiger partial charge in [0.2, 0.25) is 5.95 Å². The Labute approximate surface area is 118 Å². The number of carbonyl (C=O) groups excluding carboxylic acids is 1. The summed E-state index contributed by atoms with van der Waals surface area (Å²) in [6.45, 7) is 0.705. The number of amides is 1. The third-order valence-electron chi connectivity index (χ3n) is 4.74. The third kappa shape index (κ3) is 2.68. The Kier molecular flexibility index (Phi) is 3.70. The number of pyridine rings is 1. The number of nitrogens with zero attached hydrogens (tertiary/aromatic N) is 2. The smallest absolute Gasteiger partial charge is 0.252 e. The summed E-state index contributed by atoms with van der Waals surface area (Å²) in [5, 5.41) is 2.95. The molecule has 2 aliphatic rings. The fourth-order valence-corrected chi connectivity index (χ4v) is 3.54. The van der Waals surface area contributed by atoms with Gasteiger partial charge >= 0.3 is 0 Å². The Morgan fingerprint density at radius 3 is 2.70 bits per heavy atom. The molecule has 1 N–H and O–H groups in total. The lowest BCUT2D eigenvalue weighted by Gasteiger charge is -2.36. The lowest BCUT2D eigenvalue weighted by molar-refractivity contribution is 0.0917. The maximum Gasteiger partial charge on any atom is 0.252 e. The van der Waals surface area contributed by atoms with Crippen LogP contribution in [0.2, 0.25) is 0 Å². The van der Waals surface area contributed by atoms with Gasteiger partial charge in [0.1, 0.15) is 0 Å². The molecule has 2 saturated heterocycles. The van der Waals surface area contributed by atoms with Crippen LogP contribution < -0.4 is 5.32 Å². The van der Waals surface area contributed by atoms with E-state index in [4.69, 9.17) is 0 Å². The zero-order valence-electron chi connectivity index (χ0n) is 11.7. The molecule has 5 heteroatoms. The molecule has 1 aromatic heterocycles. The molecular formula is C15H20FN3O. The molecule has 0 aliphatic carbocycles. The van der Waals surface area contributed by atoms with Crippen molar-refractivity contribution in [2.75, 3.05) is 13.6 Å². The van der Waals surface area contributed by atoms with Crippen LogP contribution in [-0.2, 0) is 0 Å². The van der Waals surface area contributed by atoms with E-state index in [-0.39, 0.29) is 5.91 Å². The van der Waals surface area contributed by atoms with E-state index in [0.29, 0.717) is 30.1 Å². The zero-order valence-corrected chi connectivity index (χ0v) is 11.7. The van der Waals surface area contributed by atoms with Crippen LogP contribution in [0.4, 0.5) is 4.39 Å². The highest BCUT2D eigenvalue weighted by atomic mass is 19.1. The molecule has 2 bridgehead atoms. The summed E-state index contributed by atoms with van der Waals surface area (Å²) < 4.78 is 12.7. The van der Waals surface area contributed by atoms with Crippen molar-refractivity contribution >= 4 is 5.91 Å². The van der Waals surface area contributed by atoms with Gasteiger partial charge in [-0.2, -0.15) is 4.39 Å². The number of nitrogens with one attached hydrogen (secondary N) is 1. The minimum atomic E-state index is -0.562. The Hall–Kier alpha value is -1.49. The molecule has 108 valence electrons. The van der Waals surface area contributed by atoms with E-state index in [1.807, 2.05) is 0 Å². The van der Waals surface area contributed by atoms with Crippen LogP contribution >= 0.6 is 0 Å². The van der Waals surface area contributed by atoms with Crippen LogP contribution in [0.15, 0.2) is 18.3 Å². The molecule has 3 heterocycles. The summed E-state index contributed by atoms with van der Waals surface area (Å²) in [5.74, 6) is -0.168. The van der Waals surface area contributed by atoms with E-state index < -0.39 is 5.95 Å². The van der Waals surface area contributed by atoms with Gasteiger partial charge in [-0.15, -0.1) is 0 Å². The molecular weight excluding hydrogens is 257 g/mol. The number of piperidine rings is 1. The van der Waals surface area contributed by atoms with Crippen molar-refractivity contribution in [2.24, 2.45) is 5.92 Å². The molecule has 0 aromatic carbocycles. The number of halogens is 1. The van der Waals surface area contributed by atoms with E-state index in [1.54, 1.807) is 0 Å². The van der Waals surface area contributed by atoms with Gasteiger partial charge in [0.05, 0.1) is 5.56 Å². The van der Waals surface area contributed by atoms with E-state index in [1.165, 1.54) is 31.2 Å². The molecule has 1 aromatic rings. The monoisotopic (exact) mass is 277 g/mol. The summed E-state index contributed by atoms with van der Waals surface area (Å²) in [6.07, 6.45) is 6.17. The lowest BCUT2D eigenvalue weighted by atomic mass is 9.91. The summed E-state index contributed by atoms with van der Waals surface area (Å²) in [7, 11) is 2.21. The van der Waals surface area contributed by atoms with E-state index >= 15 is 0 Å². The Morgan fingerprint density at radius 2 is 2.10 bits per heavy atom. The first-order chi connectivity index (χ1) is 9.63. The van der Waals surface area contributed by atoms with Crippen LogP contribution in [0.25, 0.3) is 0 Å². The second-order valence-corrected chi connectivity index (χ2v) is 5.97. The standard InChI is InChI=1S/C15H20FN3O/c1-19-12-3-4-13(19)7-10(6-12)8-18-15(20)11-2-5-14(16)17-9-11/h2,5,9-10,12-13H,3-4,6-8H2,1H3,(H,18,20). The minimum Gasteiger partial charge on any atom is -0.352 e. The number of hydrogen-bond donors (Lipinski definition) is 1. The van der Waals surface area contributed by atoms with Gasteiger partial charge in [-0.05, 0) is 50.8 Å². The average molecular weight is 277 g/mol. The van der Waals surface area contributed by atoms with Gasteiger partial charge in [0, 0.05) is 24.8 Å². The molecule has 2 unspecified atom stereocenters. The first-order valence-corrected chi connectivity index (χ1v) is 7.25. The van der Waals surface area contributed by atoms with Gasteiger partial charge in [-0.3, -0.25) is 4.79 Å². The molecule has 1 amide bonds. The second-order valence-electron chi connectivity index (χ2n) is 5.97. The van der Waals surface area contributed by atoms with Gasteiger partial charge in [-0.25, -0.2) is 4.98 Å². The molecule has 20 heavy (non-hydrogen) atoms. The van der Waals surface area contributed by atoms with Crippen molar-refractivity contribution < 1.29 is 9.18 Å². The van der Waals surface area contributed by atoms with Crippen molar-refractivity contribution in [3.8, 4) is 0 Å². The molecule has 2 fully saturated rings. The molecule has 2 aliphatic heterocycles. The Bertz CT molecular complexity index is 476. The predicted molar refractivity (Wildman–Crippen MR) is 73.8 cm³/mol. The Morgan fingerprint density at radius 1 is 1.40 bits per heavy atom. The maximum atomic E-state index is 12.7. The van der Waals surface area contributed by atoms with Gasteiger partial charge in [0.15, 0.2) is 0 Å². The Balaban J connectivity index is 1.52. The van der Waals surface area contributed by atoms with Crippen molar-refractivity contribution in [1.82, 2.24) is 15.2 Å². The number of hydrogen-bond acceptors (Lipinski definition) is 3. The minimum absolute atomic E-state index is 0.163. The normalized spacial score (nSPS) is 29.4. The van der Waals surface area contributed by atoms with Crippen molar-refractivity contribution in [3.63, 3.8) is 0 Å². The highest BCUT2D eigenvalue weighted by Gasteiger charge is 2.38. The number of fused-ring (bicyclic) bond motifs is 2. The molecule has 4 nitrogen and oxygen atoms in total. The van der Waals surface area contributed by atoms with Crippen LogP contribution in [0.3, 0.4) is 0 Å². The first kappa shape index (κ1) is 13.5. The molecule has 2 atom stereocenters. The van der Waals surface area contributed by atoms with E-state index in [0.717, 1.165) is 12.8 Å². The summed E-state index contributed by atoms with van der Waals surface area (Å²) in [5.41, 5.74) is 0.419. The lowest BCUT2D eigenvalue weighted by Crippen LogP contribution is -2.43. The third-order valence-corrected chi connectivity index (χ3v) is 4.74. The highest BCUT2D eigenvalue weighted by Crippen LogP contribution is 2.36. The fourth-order valence-electron chi connectivity index (χ4n) is 3.54. The summed E-state index contributed by atoms with van der Waals surface area (Å²) in [4.78, 5) is 18.0. The van der Waals surface area contributed by atoms with Gasteiger partial charge < -0.3 is 10.2 Å². The van der Waals surface area contributed by atoms with Gasteiger partial charge in [-0.1, -0.05) is 0 Å². The number of aromatic nitrogens is 1. The first-order valence-electron chi connectivity index (χ1n) is 7.25. The second kappa shape index (κ2) is 5.48. The highest BCUT2D eigenvalue weighted by molar-refractivity contribution is 5.93. The quantitative estimate of drug-likeness (QED) is 0.857. The predicted octanol–water partition coefficient (Wildman–Crippen LogP) is 1.82. The molecule has 0 saturated carbocycles. The van der Waals surface area contributed by atoms with Crippen molar-refractivity contribution in [2.45, 2.75) is 37.8 Å².